The number of halogens is 3. The van der Waals surface area contributed by atoms with Crippen molar-refractivity contribution in [1.82, 2.24) is 9.78 Å². The van der Waals surface area contributed by atoms with Gasteiger partial charge in [0.05, 0.1) is 18.8 Å². The molecule has 1 aromatic heterocycles. The van der Waals surface area contributed by atoms with Gasteiger partial charge in [0, 0.05) is 16.8 Å². The first-order chi connectivity index (χ1) is 13.8. The van der Waals surface area contributed by atoms with Crippen LogP contribution in [-0.2, 0) is 6.54 Å². The Bertz CT molecular complexity index is 1050. The van der Waals surface area contributed by atoms with Gasteiger partial charge in [-0.25, -0.2) is 8.78 Å². The average molecular weight is 420 g/mol. The number of amides is 1. The molecule has 0 atom stereocenters. The number of carbonyl (C=O) groups is 1. The number of hydrogen-bond donors (Lipinski definition) is 1. The molecule has 0 fully saturated rings. The second kappa shape index (κ2) is 8.61. The Balaban J connectivity index is 1.86. The normalized spacial score (nSPS) is 11.1. The molecule has 29 heavy (non-hydrogen) atoms. The van der Waals surface area contributed by atoms with Gasteiger partial charge >= 0.3 is 0 Å². The minimum atomic E-state index is -1.17. The molecule has 0 aliphatic heterocycles. The smallest absolute Gasteiger partial charge is 0.254 e. The Morgan fingerprint density at radius 3 is 2.69 bits per heavy atom. The fourth-order valence-corrected chi connectivity index (χ4v) is 2.95. The highest BCUT2D eigenvalue weighted by atomic mass is 35.5. The Morgan fingerprint density at radius 1 is 1.24 bits per heavy atom. The van der Waals surface area contributed by atoms with Gasteiger partial charge < -0.3 is 10.5 Å². The van der Waals surface area contributed by atoms with Crippen molar-refractivity contribution >= 4 is 17.5 Å². The molecule has 2 N–H and O–H groups in total. The quantitative estimate of drug-likeness (QED) is 0.605. The zero-order chi connectivity index (χ0) is 21.1. The van der Waals surface area contributed by atoms with Crippen LogP contribution in [0.3, 0.4) is 0 Å². The highest BCUT2D eigenvalue weighted by Crippen LogP contribution is 2.27. The number of rotatable bonds is 7. The third-order valence-electron chi connectivity index (χ3n) is 4.19. The van der Waals surface area contributed by atoms with E-state index < -0.39 is 23.1 Å². The van der Waals surface area contributed by atoms with Crippen molar-refractivity contribution in [2.45, 2.75) is 20.4 Å². The van der Waals surface area contributed by atoms with Crippen molar-refractivity contribution in [3.05, 3.63) is 70.4 Å². The second-order valence-corrected chi connectivity index (χ2v) is 7.41. The number of nitrogens with two attached hydrogens (primary N) is 1. The minimum Gasteiger partial charge on any atom is -0.493 e. The maximum absolute atomic E-state index is 14.5. The maximum Gasteiger partial charge on any atom is 0.254 e. The summed E-state index contributed by atoms with van der Waals surface area (Å²) in [7, 11) is 0. The second-order valence-electron chi connectivity index (χ2n) is 7.00. The van der Waals surface area contributed by atoms with Gasteiger partial charge in [0.15, 0.2) is 0 Å². The fraction of sp³-hybridized carbons (Fsp3) is 0.238. The molecule has 0 unspecified atom stereocenters. The predicted molar refractivity (Wildman–Crippen MR) is 107 cm³/mol. The molecule has 0 saturated carbocycles. The molecule has 1 amide bonds. The molecule has 152 valence electrons. The average Bonchev–Trinajstić information content (AvgIpc) is 3.10. The molecule has 0 spiro atoms. The molecule has 8 heteroatoms. The summed E-state index contributed by atoms with van der Waals surface area (Å²) < 4.78 is 35.5. The summed E-state index contributed by atoms with van der Waals surface area (Å²) in [4.78, 5) is 11.3. The number of primary amides is 1. The summed E-state index contributed by atoms with van der Waals surface area (Å²) in [6, 6.07) is 9.14. The maximum atomic E-state index is 14.5. The summed E-state index contributed by atoms with van der Waals surface area (Å²) in [5.41, 5.74) is 5.30. The zero-order valence-corrected chi connectivity index (χ0v) is 16.7. The molecule has 5 nitrogen and oxygen atoms in total. The number of hydrogen-bond acceptors (Lipinski definition) is 3. The van der Waals surface area contributed by atoms with E-state index >= 15 is 0 Å². The van der Waals surface area contributed by atoms with E-state index in [1.54, 1.807) is 29.1 Å². The van der Waals surface area contributed by atoms with Crippen LogP contribution in [0.4, 0.5) is 8.78 Å². The van der Waals surface area contributed by atoms with Crippen LogP contribution in [0.2, 0.25) is 5.02 Å². The van der Waals surface area contributed by atoms with Gasteiger partial charge in [-0.15, -0.1) is 0 Å². The lowest BCUT2D eigenvalue weighted by Crippen LogP contribution is -2.16. The van der Waals surface area contributed by atoms with Crippen molar-refractivity contribution in [2.24, 2.45) is 11.7 Å². The summed E-state index contributed by atoms with van der Waals surface area (Å²) in [5, 5.41) is 4.86. The monoisotopic (exact) mass is 419 g/mol. The molecule has 2 aromatic carbocycles. The van der Waals surface area contributed by atoms with E-state index in [0.717, 1.165) is 11.6 Å². The topological polar surface area (TPSA) is 70.1 Å². The number of ether oxygens (including phenoxy) is 1. The van der Waals surface area contributed by atoms with Crippen LogP contribution in [0.5, 0.6) is 5.75 Å². The van der Waals surface area contributed by atoms with E-state index in [2.05, 4.69) is 18.9 Å². The van der Waals surface area contributed by atoms with E-state index in [1.165, 1.54) is 6.07 Å². The summed E-state index contributed by atoms with van der Waals surface area (Å²) in [6.07, 6.45) is 1.64. The Kier molecular flexibility index (Phi) is 6.17. The third kappa shape index (κ3) is 4.74. The van der Waals surface area contributed by atoms with E-state index in [-0.39, 0.29) is 11.3 Å². The van der Waals surface area contributed by atoms with Crippen LogP contribution in [0.15, 0.2) is 42.6 Å². The molecule has 0 radical (unpaired) electrons. The van der Waals surface area contributed by atoms with Crippen molar-refractivity contribution < 1.29 is 18.3 Å². The third-order valence-corrected chi connectivity index (χ3v) is 4.56. The van der Waals surface area contributed by atoms with Crippen LogP contribution in [-0.4, -0.2) is 22.3 Å². The SMILES string of the molecule is CC(C)COc1ccc(Cl)c(Cn2ccc(-c3ccc(F)c(C(N)=O)c3F)n2)c1. The van der Waals surface area contributed by atoms with E-state index in [4.69, 9.17) is 22.1 Å². The lowest BCUT2D eigenvalue weighted by Gasteiger charge is -2.11. The molecule has 1 heterocycles. The summed E-state index contributed by atoms with van der Waals surface area (Å²) in [6.45, 7) is 5.02. The molecule has 0 aliphatic carbocycles. The van der Waals surface area contributed by atoms with Crippen LogP contribution < -0.4 is 10.5 Å². The van der Waals surface area contributed by atoms with Crippen molar-refractivity contribution in [1.29, 1.82) is 0 Å². The molecule has 0 bridgehead atoms. The van der Waals surface area contributed by atoms with Crippen molar-refractivity contribution in [2.75, 3.05) is 6.61 Å². The summed E-state index contributed by atoms with van der Waals surface area (Å²) >= 11 is 6.28. The van der Waals surface area contributed by atoms with Crippen LogP contribution in [0.1, 0.15) is 29.8 Å². The molecule has 0 saturated heterocycles. The molecule has 3 aromatic rings. The van der Waals surface area contributed by atoms with E-state index in [1.807, 2.05) is 6.07 Å². The first-order valence-corrected chi connectivity index (χ1v) is 9.37. The van der Waals surface area contributed by atoms with Gasteiger partial charge in [-0.05, 0) is 47.9 Å². The van der Waals surface area contributed by atoms with Gasteiger partial charge in [-0.2, -0.15) is 5.10 Å². The largest absolute Gasteiger partial charge is 0.493 e. The lowest BCUT2D eigenvalue weighted by atomic mass is 10.1. The number of nitrogens with zero attached hydrogens (tertiary/aromatic N) is 2. The predicted octanol–water partition coefficient (Wildman–Crippen LogP) is 4.66. The minimum absolute atomic E-state index is 0.0148. The Labute approximate surface area is 172 Å². The number of benzene rings is 2. The number of aromatic nitrogens is 2. The molecule has 0 aliphatic rings. The van der Waals surface area contributed by atoms with Gasteiger partial charge in [0.25, 0.3) is 5.91 Å². The van der Waals surface area contributed by atoms with Gasteiger partial charge in [0.1, 0.15) is 22.9 Å². The van der Waals surface area contributed by atoms with Gasteiger partial charge in [-0.1, -0.05) is 25.4 Å². The first kappa shape index (κ1) is 20.8. The van der Waals surface area contributed by atoms with Gasteiger partial charge in [-0.3, -0.25) is 9.48 Å². The first-order valence-electron chi connectivity index (χ1n) is 8.99. The number of carbonyl (C=O) groups excluding carboxylic acids is 1. The van der Waals surface area contributed by atoms with E-state index in [0.29, 0.717) is 29.8 Å². The standard InChI is InChI=1S/C21H20ClF2N3O2/c1-12(2)11-29-14-3-5-16(22)13(9-14)10-27-8-7-18(26-27)15-4-6-17(23)19(20(15)24)21(25)28/h3-9,12H,10-11H2,1-2H3,(H2,25,28). The van der Waals surface area contributed by atoms with Crippen molar-refractivity contribution in [3.63, 3.8) is 0 Å². The summed E-state index contributed by atoms with van der Waals surface area (Å²) in [5.74, 6) is -2.14. The molecule has 3 rings (SSSR count). The molecular weight excluding hydrogens is 400 g/mol. The van der Waals surface area contributed by atoms with Crippen LogP contribution in [0.25, 0.3) is 11.3 Å². The Hall–Kier alpha value is -2.93. The van der Waals surface area contributed by atoms with Crippen molar-refractivity contribution in [3.8, 4) is 17.0 Å². The fourth-order valence-electron chi connectivity index (χ4n) is 2.77. The van der Waals surface area contributed by atoms with Gasteiger partial charge in [0.2, 0.25) is 0 Å². The highest BCUT2D eigenvalue weighted by Gasteiger charge is 2.20. The zero-order valence-electron chi connectivity index (χ0n) is 16.0. The Morgan fingerprint density at radius 2 is 2.00 bits per heavy atom. The molecular formula is C21H20ClF2N3O2. The highest BCUT2D eigenvalue weighted by molar-refractivity contribution is 6.31. The van der Waals surface area contributed by atoms with E-state index in [9.17, 15) is 13.6 Å². The van der Waals surface area contributed by atoms with Crippen LogP contribution in [0, 0.1) is 17.6 Å². The van der Waals surface area contributed by atoms with Crippen LogP contribution >= 0.6 is 11.6 Å². The lowest BCUT2D eigenvalue weighted by molar-refractivity contribution is 0.0992.